The predicted molar refractivity (Wildman–Crippen MR) is 117 cm³/mol. The first kappa shape index (κ1) is 24.1. The van der Waals surface area contributed by atoms with Crippen LogP contribution in [0.1, 0.15) is 39.7 Å². The summed E-state index contributed by atoms with van der Waals surface area (Å²) in [4.78, 5) is 34.7. The van der Waals surface area contributed by atoms with E-state index in [1.165, 1.54) is 20.8 Å². The van der Waals surface area contributed by atoms with Crippen molar-refractivity contribution >= 4 is 26.7 Å². The molecule has 8 heteroatoms. The molecule has 0 heterocycles. The van der Waals surface area contributed by atoms with Crippen LogP contribution in [0.25, 0.3) is 11.1 Å². The smallest absolute Gasteiger partial charge is 0.493 e. The normalized spacial score (nSPS) is 10.8. The second-order valence-electron chi connectivity index (χ2n) is 6.93. The van der Waals surface area contributed by atoms with Gasteiger partial charge in [0.2, 0.25) is 0 Å². The van der Waals surface area contributed by atoms with Gasteiger partial charge in [-0.2, -0.15) is 0 Å². The Bertz CT molecular complexity index is 871. The number of ether oxygens (including phenoxy) is 1. The van der Waals surface area contributed by atoms with Crippen molar-refractivity contribution in [3.05, 3.63) is 54.1 Å². The van der Waals surface area contributed by atoms with Crippen molar-refractivity contribution in [1.82, 2.24) is 0 Å². The van der Waals surface area contributed by atoms with Crippen LogP contribution >= 0.6 is 0 Å². The van der Waals surface area contributed by atoms with Gasteiger partial charge in [0.1, 0.15) is 5.75 Å². The lowest BCUT2D eigenvalue weighted by Crippen LogP contribution is -2.49. The van der Waals surface area contributed by atoms with E-state index in [9.17, 15) is 14.4 Å². The minimum absolute atomic E-state index is 0.0701. The summed E-state index contributed by atoms with van der Waals surface area (Å²) < 4.78 is 21.7. The van der Waals surface area contributed by atoms with Crippen molar-refractivity contribution in [3.63, 3.8) is 0 Å². The van der Waals surface area contributed by atoms with E-state index < -0.39 is 26.7 Å². The van der Waals surface area contributed by atoms with Gasteiger partial charge in [-0.15, -0.1) is 0 Å². The van der Waals surface area contributed by atoms with E-state index in [4.69, 9.17) is 18.0 Å². The van der Waals surface area contributed by atoms with Crippen LogP contribution in [-0.2, 0) is 34.1 Å². The molecule has 2 aromatic rings. The number of rotatable bonds is 10. The lowest BCUT2D eigenvalue weighted by atomic mass is 10.0. The van der Waals surface area contributed by atoms with Gasteiger partial charge in [-0.05, 0) is 24.0 Å². The molecule has 0 saturated heterocycles. The summed E-state index contributed by atoms with van der Waals surface area (Å²) >= 11 is 0. The van der Waals surface area contributed by atoms with Crippen LogP contribution in [0.3, 0.4) is 0 Å². The fourth-order valence-corrected chi connectivity index (χ4v) is 5.54. The Morgan fingerprint density at radius 2 is 1.39 bits per heavy atom. The highest BCUT2D eigenvalue weighted by Gasteiger charge is 2.51. The molecule has 0 fully saturated rings. The Balaban J connectivity index is 2.18. The Morgan fingerprint density at radius 3 is 1.90 bits per heavy atom. The predicted octanol–water partition coefficient (Wildman–Crippen LogP) is 4.31. The maximum absolute atomic E-state index is 11.6. The molecule has 0 radical (unpaired) electrons. The van der Waals surface area contributed by atoms with Crippen LogP contribution in [0.4, 0.5) is 0 Å². The summed E-state index contributed by atoms with van der Waals surface area (Å²) in [5, 5.41) is 0. The van der Waals surface area contributed by atoms with E-state index in [2.05, 4.69) is 6.92 Å². The number of hydrogen-bond donors (Lipinski definition) is 0. The number of aryl methyl sites for hydroxylation is 1. The third-order valence-electron chi connectivity index (χ3n) is 4.33. The molecule has 0 N–H and O–H groups in total. The van der Waals surface area contributed by atoms with Gasteiger partial charge in [0.25, 0.3) is 17.9 Å². The Labute approximate surface area is 183 Å². The van der Waals surface area contributed by atoms with E-state index in [0.717, 1.165) is 28.9 Å². The summed E-state index contributed by atoms with van der Waals surface area (Å²) in [6, 6.07) is 16.0. The average Bonchev–Trinajstić information content (AvgIpc) is 2.70. The average molecular weight is 445 g/mol. The number of carbonyl (C=O) groups is 3. The fourth-order valence-electron chi connectivity index (χ4n) is 3.21. The van der Waals surface area contributed by atoms with Gasteiger partial charge in [-0.3, -0.25) is 14.4 Å². The molecule has 7 nitrogen and oxygen atoms in total. The van der Waals surface area contributed by atoms with Gasteiger partial charge in [0.15, 0.2) is 0 Å². The van der Waals surface area contributed by atoms with Crippen LogP contribution < -0.4 is 4.74 Å². The molecule has 0 aliphatic carbocycles. The minimum atomic E-state index is -3.85. The molecule has 0 bridgehead atoms. The SMILES string of the molecule is CCc1cccc(-c2ccccc2)c1OCCC[Si](OC(C)=O)(OC(C)=O)OC(C)=O. The highest BCUT2D eigenvalue weighted by Crippen LogP contribution is 2.34. The first-order valence-electron chi connectivity index (χ1n) is 10.1. The molecule has 166 valence electrons. The quantitative estimate of drug-likeness (QED) is 0.398. The zero-order chi connectivity index (χ0) is 22.9. The van der Waals surface area contributed by atoms with E-state index in [1.54, 1.807) is 0 Å². The molecule has 2 aromatic carbocycles. The molecule has 0 aliphatic rings. The van der Waals surface area contributed by atoms with Crippen LogP contribution in [0, 0.1) is 0 Å². The van der Waals surface area contributed by atoms with Gasteiger partial charge in [0.05, 0.1) is 12.7 Å². The lowest BCUT2D eigenvalue weighted by molar-refractivity contribution is -0.147. The zero-order valence-corrected chi connectivity index (χ0v) is 19.3. The van der Waals surface area contributed by atoms with Gasteiger partial charge in [0, 0.05) is 26.3 Å². The number of hydrogen-bond acceptors (Lipinski definition) is 7. The zero-order valence-electron chi connectivity index (χ0n) is 18.3. The second kappa shape index (κ2) is 11.3. The molecule has 0 atom stereocenters. The molecular weight excluding hydrogens is 416 g/mol. The molecule has 2 rings (SSSR count). The largest absolute Gasteiger partial charge is 0.705 e. The van der Waals surface area contributed by atoms with E-state index in [1.807, 2.05) is 48.5 Å². The maximum Gasteiger partial charge on any atom is 0.705 e. The molecule has 0 unspecified atom stereocenters. The minimum Gasteiger partial charge on any atom is -0.493 e. The van der Waals surface area contributed by atoms with Crippen LogP contribution in [0.5, 0.6) is 5.75 Å². The van der Waals surface area contributed by atoms with Gasteiger partial charge in [-0.1, -0.05) is 55.5 Å². The number of para-hydroxylation sites is 1. The van der Waals surface area contributed by atoms with E-state index in [-0.39, 0.29) is 12.7 Å². The highest BCUT2D eigenvalue weighted by atomic mass is 28.4. The number of benzene rings is 2. The standard InChI is InChI=1S/C23H28O7Si/c1-5-20-13-9-14-22(21-11-7-6-8-12-21)23(20)27-15-10-16-31(28-17(2)24,29-18(3)25)30-19(4)26/h6-9,11-14H,5,10,15-16H2,1-4H3. The second-order valence-corrected chi connectivity index (χ2v) is 9.41. The summed E-state index contributed by atoms with van der Waals surface area (Å²) in [5.41, 5.74) is 3.07. The monoisotopic (exact) mass is 444 g/mol. The molecular formula is C23H28O7Si. The van der Waals surface area contributed by atoms with Gasteiger partial charge >= 0.3 is 8.80 Å². The van der Waals surface area contributed by atoms with Crippen LogP contribution in [0.2, 0.25) is 6.04 Å². The number of carbonyl (C=O) groups excluding carboxylic acids is 3. The third kappa shape index (κ3) is 7.25. The molecule has 0 saturated carbocycles. The first-order chi connectivity index (χ1) is 14.8. The van der Waals surface area contributed by atoms with Crippen molar-refractivity contribution in [2.24, 2.45) is 0 Å². The summed E-state index contributed by atoms with van der Waals surface area (Å²) in [7, 11) is -3.85. The van der Waals surface area contributed by atoms with Crippen LogP contribution in [0.15, 0.2) is 48.5 Å². The van der Waals surface area contributed by atoms with Gasteiger partial charge < -0.3 is 18.0 Å². The summed E-state index contributed by atoms with van der Waals surface area (Å²) in [6.45, 7) is 5.84. The third-order valence-corrected chi connectivity index (χ3v) is 7.09. The molecule has 0 spiro atoms. The van der Waals surface area contributed by atoms with Crippen LogP contribution in [-0.4, -0.2) is 33.3 Å². The fraction of sp³-hybridized carbons (Fsp3) is 0.348. The van der Waals surface area contributed by atoms with E-state index >= 15 is 0 Å². The Hall–Kier alpha value is -3.13. The van der Waals surface area contributed by atoms with Gasteiger partial charge in [-0.25, -0.2) is 0 Å². The lowest BCUT2D eigenvalue weighted by Gasteiger charge is -2.26. The van der Waals surface area contributed by atoms with Crippen molar-refractivity contribution in [3.8, 4) is 16.9 Å². The first-order valence-corrected chi connectivity index (χ1v) is 12.1. The highest BCUT2D eigenvalue weighted by molar-refractivity contribution is 6.65. The van der Waals surface area contributed by atoms with Crippen molar-refractivity contribution < 1.29 is 32.4 Å². The molecule has 0 amide bonds. The maximum atomic E-state index is 11.6. The Kier molecular flexibility index (Phi) is 8.81. The topological polar surface area (TPSA) is 88.1 Å². The molecule has 0 aromatic heterocycles. The molecule has 31 heavy (non-hydrogen) atoms. The summed E-state index contributed by atoms with van der Waals surface area (Å²) in [5.74, 6) is -1.27. The van der Waals surface area contributed by atoms with E-state index in [0.29, 0.717) is 6.42 Å². The summed E-state index contributed by atoms with van der Waals surface area (Å²) in [6.07, 6.45) is 1.15. The van der Waals surface area contributed by atoms with Crippen molar-refractivity contribution in [2.75, 3.05) is 6.61 Å². The van der Waals surface area contributed by atoms with Crippen molar-refractivity contribution in [1.29, 1.82) is 0 Å². The van der Waals surface area contributed by atoms with Crippen molar-refractivity contribution in [2.45, 2.75) is 46.6 Å². The Morgan fingerprint density at radius 1 is 0.806 bits per heavy atom. The molecule has 0 aliphatic heterocycles.